The third kappa shape index (κ3) is 3.64. The molecule has 1 saturated heterocycles. The van der Waals surface area contributed by atoms with Crippen molar-refractivity contribution in [3.63, 3.8) is 0 Å². The molecule has 5 heteroatoms. The van der Waals surface area contributed by atoms with Gasteiger partial charge in [0.1, 0.15) is 0 Å². The molecule has 1 aliphatic rings. The topological polar surface area (TPSA) is 63.6 Å². The summed E-state index contributed by atoms with van der Waals surface area (Å²) in [7, 11) is -1.20. The van der Waals surface area contributed by atoms with Crippen molar-refractivity contribution in [2.45, 2.75) is 37.2 Å². The zero-order valence-corrected chi connectivity index (χ0v) is 11.7. The van der Waals surface area contributed by atoms with Crippen LogP contribution >= 0.6 is 0 Å². The molecule has 4 nitrogen and oxygen atoms in total. The lowest BCUT2D eigenvalue weighted by Crippen LogP contribution is -2.25. The van der Waals surface area contributed by atoms with E-state index in [2.05, 4.69) is 0 Å². The van der Waals surface area contributed by atoms with Gasteiger partial charge in [-0.05, 0) is 43.9 Å². The molecular weight excluding hydrogens is 264 g/mol. The summed E-state index contributed by atoms with van der Waals surface area (Å²) < 4.78 is 17.8. The lowest BCUT2D eigenvalue weighted by molar-refractivity contribution is 0.0310. The van der Waals surface area contributed by atoms with Crippen LogP contribution in [-0.4, -0.2) is 33.7 Å². The summed E-state index contributed by atoms with van der Waals surface area (Å²) in [5.41, 5.74) is 0.901. The van der Waals surface area contributed by atoms with E-state index in [1.807, 2.05) is 0 Å². The number of benzene rings is 1. The predicted molar refractivity (Wildman–Crippen MR) is 73.0 cm³/mol. The number of aromatic carboxylic acids is 1. The summed E-state index contributed by atoms with van der Waals surface area (Å²) in [5, 5.41) is 9.07. The maximum Gasteiger partial charge on any atom is 0.335 e. The second kappa shape index (κ2) is 6.30. The third-order valence-corrected chi connectivity index (χ3v) is 4.77. The fourth-order valence-corrected chi connectivity index (χ4v) is 3.44. The van der Waals surface area contributed by atoms with Gasteiger partial charge in [0, 0.05) is 11.5 Å². The average molecular weight is 282 g/mol. The standard InChI is InChI=1S/C14H18O4S/c1-10-5-6-12(8-13(10)14(15)16)19(17)9-11-4-2-3-7-18-11/h5-6,8,11H,2-4,7,9H2,1H3,(H,15,16). The second-order valence-corrected chi connectivity index (χ2v) is 6.28. The van der Waals surface area contributed by atoms with E-state index in [4.69, 9.17) is 9.84 Å². The SMILES string of the molecule is Cc1ccc(S(=O)CC2CCCCO2)cc1C(=O)O. The van der Waals surface area contributed by atoms with Gasteiger partial charge in [0.15, 0.2) is 0 Å². The molecule has 0 aromatic heterocycles. The third-order valence-electron chi connectivity index (χ3n) is 3.31. The van der Waals surface area contributed by atoms with E-state index in [-0.39, 0.29) is 11.7 Å². The molecular formula is C14H18O4S. The molecule has 2 unspecified atom stereocenters. The van der Waals surface area contributed by atoms with Gasteiger partial charge in [-0.2, -0.15) is 0 Å². The maximum atomic E-state index is 12.2. The normalized spacial score (nSPS) is 21.0. The first-order chi connectivity index (χ1) is 9.08. The highest BCUT2D eigenvalue weighted by atomic mass is 32.2. The van der Waals surface area contributed by atoms with Crippen molar-refractivity contribution in [2.75, 3.05) is 12.4 Å². The van der Waals surface area contributed by atoms with Gasteiger partial charge < -0.3 is 9.84 Å². The number of hydrogen-bond acceptors (Lipinski definition) is 3. The summed E-state index contributed by atoms with van der Waals surface area (Å²) in [6.45, 7) is 2.47. The van der Waals surface area contributed by atoms with Gasteiger partial charge in [0.25, 0.3) is 0 Å². The Balaban J connectivity index is 2.10. The Hall–Kier alpha value is -1.20. The molecule has 1 aliphatic heterocycles. The minimum atomic E-state index is -1.20. The van der Waals surface area contributed by atoms with Crippen LogP contribution in [0.1, 0.15) is 35.2 Å². The van der Waals surface area contributed by atoms with Gasteiger partial charge in [-0.15, -0.1) is 0 Å². The van der Waals surface area contributed by atoms with Gasteiger partial charge in [0.05, 0.1) is 28.2 Å². The zero-order chi connectivity index (χ0) is 13.8. The number of ether oxygens (including phenoxy) is 1. The van der Waals surface area contributed by atoms with E-state index < -0.39 is 16.8 Å². The smallest absolute Gasteiger partial charge is 0.335 e. The highest BCUT2D eigenvalue weighted by Gasteiger charge is 2.19. The molecule has 1 aromatic rings. The Morgan fingerprint density at radius 2 is 2.26 bits per heavy atom. The molecule has 0 radical (unpaired) electrons. The van der Waals surface area contributed by atoms with Gasteiger partial charge in [0.2, 0.25) is 0 Å². The second-order valence-electron chi connectivity index (χ2n) is 4.78. The summed E-state index contributed by atoms with van der Waals surface area (Å²) in [5.74, 6) is -0.535. The first-order valence-electron chi connectivity index (χ1n) is 6.42. The monoisotopic (exact) mass is 282 g/mol. The summed E-state index contributed by atoms with van der Waals surface area (Å²) >= 11 is 0. The van der Waals surface area contributed by atoms with Crippen molar-refractivity contribution >= 4 is 16.8 Å². The largest absolute Gasteiger partial charge is 0.478 e. The van der Waals surface area contributed by atoms with E-state index in [0.717, 1.165) is 25.9 Å². The zero-order valence-electron chi connectivity index (χ0n) is 10.9. The van der Waals surface area contributed by atoms with Crippen molar-refractivity contribution in [2.24, 2.45) is 0 Å². The van der Waals surface area contributed by atoms with Gasteiger partial charge in [-0.25, -0.2) is 4.79 Å². The molecule has 1 heterocycles. The van der Waals surface area contributed by atoms with Crippen LogP contribution in [0, 0.1) is 6.92 Å². The van der Waals surface area contributed by atoms with Crippen LogP contribution in [0.25, 0.3) is 0 Å². The van der Waals surface area contributed by atoms with Crippen LogP contribution in [0.3, 0.4) is 0 Å². The number of aryl methyl sites for hydroxylation is 1. The minimum Gasteiger partial charge on any atom is -0.478 e. The van der Waals surface area contributed by atoms with Crippen LogP contribution in [-0.2, 0) is 15.5 Å². The van der Waals surface area contributed by atoms with E-state index in [1.54, 1.807) is 19.1 Å². The van der Waals surface area contributed by atoms with Gasteiger partial charge >= 0.3 is 5.97 Å². The molecule has 0 aliphatic carbocycles. The average Bonchev–Trinajstić information content (AvgIpc) is 2.40. The Bertz CT molecular complexity index is 492. The Morgan fingerprint density at radius 3 is 2.89 bits per heavy atom. The number of carbonyl (C=O) groups is 1. The molecule has 1 fully saturated rings. The summed E-state index contributed by atoms with van der Waals surface area (Å²) in [6.07, 6.45) is 3.14. The van der Waals surface area contributed by atoms with Crippen LogP contribution in [0.4, 0.5) is 0 Å². The fraction of sp³-hybridized carbons (Fsp3) is 0.500. The van der Waals surface area contributed by atoms with Crippen molar-refractivity contribution < 1.29 is 18.8 Å². The quantitative estimate of drug-likeness (QED) is 0.921. The van der Waals surface area contributed by atoms with E-state index in [1.165, 1.54) is 6.07 Å². The highest BCUT2D eigenvalue weighted by Crippen LogP contribution is 2.19. The lowest BCUT2D eigenvalue weighted by atomic mass is 10.1. The highest BCUT2D eigenvalue weighted by molar-refractivity contribution is 7.85. The maximum absolute atomic E-state index is 12.2. The molecule has 0 spiro atoms. The first kappa shape index (κ1) is 14.2. The molecule has 0 bridgehead atoms. The van der Waals surface area contributed by atoms with E-state index >= 15 is 0 Å². The summed E-state index contributed by atoms with van der Waals surface area (Å²) in [4.78, 5) is 11.6. The van der Waals surface area contributed by atoms with E-state index in [9.17, 15) is 9.00 Å². The summed E-state index contributed by atoms with van der Waals surface area (Å²) in [6, 6.07) is 4.95. The minimum absolute atomic E-state index is 0.0316. The van der Waals surface area contributed by atoms with Gasteiger partial charge in [-0.1, -0.05) is 6.07 Å². The van der Waals surface area contributed by atoms with Crippen molar-refractivity contribution in [3.8, 4) is 0 Å². The molecule has 0 saturated carbocycles. The Kier molecular flexibility index (Phi) is 4.71. The molecule has 1 aromatic carbocycles. The number of carboxylic acids is 1. The van der Waals surface area contributed by atoms with Crippen LogP contribution in [0.15, 0.2) is 23.1 Å². The van der Waals surface area contributed by atoms with Crippen molar-refractivity contribution in [1.82, 2.24) is 0 Å². The van der Waals surface area contributed by atoms with Crippen molar-refractivity contribution in [1.29, 1.82) is 0 Å². The van der Waals surface area contributed by atoms with Crippen LogP contribution in [0.2, 0.25) is 0 Å². The number of rotatable bonds is 4. The Morgan fingerprint density at radius 1 is 1.47 bits per heavy atom. The predicted octanol–water partition coefficient (Wildman–Crippen LogP) is 2.37. The Labute approximate surface area is 115 Å². The first-order valence-corrected chi connectivity index (χ1v) is 7.74. The molecule has 2 atom stereocenters. The molecule has 104 valence electrons. The van der Waals surface area contributed by atoms with Gasteiger partial charge in [-0.3, -0.25) is 4.21 Å². The molecule has 0 amide bonds. The van der Waals surface area contributed by atoms with Crippen LogP contribution < -0.4 is 0 Å². The fourth-order valence-electron chi connectivity index (χ4n) is 2.18. The number of carboxylic acid groups (broad SMARTS) is 1. The van der Waals surface area contributed by atoms with Crippen molar-refractivity contribution in [3.05, 3.63) is 29.3 Å². The van der Waals surface area contributed by atoms with E-state index in [0.29, 0.717) is 16.2 Å². The molecule has 19 heavy (non-hydrogen) atoms. The molecule has 2 rings (SSSR count). The molecule has 1 N–H and O–H groups in total. The van der Waals surface area contributed by atoms with Crippen LogP contribution in [0.5, 0.6) is 0 Å². The number of hydrogen-bond donors (Lipinski definition) is 1. The lowest BCUT2D eigenvalue weighted by Gasteiger charge is -2.22.